The molecule has 1 atom stereocenters. The fourth-order valence-corrected chi connectivity index (χ4v) is 6.05. The van der Waals surface area contributed by atoms with Gasteiger partial charge in [-0.15, -0.1) is 16.4 Å². The maximum Gasteiger partial charge on any atom is 0.256 e. The molecule has 1 amide bonds. The predicted octanol–water partition coefficient (Wildman–Crippen LogP) is 3.55. The second-order valence-corrected chi connectivity index (χ2v) is 10.9. The molecule has 0 bridgehead atoms. The molecule has 0 radical (unpaired) electrons. The Bertz CT molecular complexity index is 1280. The van der Waals surface area contributed by atoms with Crippen molar-refractivity contribution in [1.82, 2.24) is 29.5 Å². The van der Waals surface area contributed by atoms with Crippen LogP contribution in [0.15, 0.2) is 39.8 Å². The van der Waals surface area contributed by atoms with Gasteiger partial charge in [-0.3, -0.25) is 4.79 Å². The van der Waals surface area contributed by atoms with Crippen LogP contribution in [0.4, 0.5) is 0 Å². The van der Waals surface area contributed by atoms with E-state index < -0.39 is 0 Å². The summed E-state index contributed by atoms with van der Waals surface area (Å²) < 4.78 is 15.7. The molecule has 5 rings (SSSR count). The molecule has 12 heteroatoms. The van der Waals surface area contributed by atoms with E-state index in [0.29, 0.717) is 55.3 Å². The summed E-state index contributed by atoms with van der Waals surface area (Å²) in [4.78, 5) is 28.1. The maximum absolute atomic E-state index is 12.8. The van der Waals surface area contributed by atoms with E-state index in [-0.39, 0.29) is 12.0 Å². The van der Waals surface area contributed by atoms with Crippen molar-refractivity contribution < 1.29 is 14.3 Å². The number of fused-ring (bicyclic) bond motifs is 2. The fraction of sp³-hybridized carbons (Fsp3) is 0.409. The zero-order valence-electron chi connectivity index (χ0n) is 18.8. The molecule has 1 unspecified atom stereocenters. The number of hydrogen-bond acceptors (Lipinski definition) is 10. The van der Waals surface area contributed by atoms with E-state index in [1.165, 1.54) is 16.5 Å². The van der Waals surface area contributed by atoms with Crippen LogP contribution in [0.3, 0.4) is 0 Å². The molecule has 0 saturated carbocycles. The Morgan fingerprint density at radius 3 is 3.03 bits per heavy atom. The van der Waals surface area contributed by atoms with Gasteiger partial charge < -0.3 is 14.4 Å². The number of thiazole rings is 1. The van der Waals surface area contributed by atoms with Gasteiger partial charge in [0.25, 0.3) is 5.78 Å². The lowest BCUT2D eigenvalue weighted by Gasteiger charge is -2.32. The molecule has 0 aliphatic carbocycles. The third-order valence-electron chi connectivity index (χ3n) is 5.29. The third kappa shape index (κ3) is 5.29. The highest BCUT2D eigenvalue weighted by molar-refractivity contribution is 8.01. The molecule has 4 heterocycles. The lowest BCUT2D eigenvalue weighted by Crippen LogP contribution is -2.47. The standard InChI is InChI=1S/C22H24N6O3S3/c1-14-11-19(28-20(23-14)25-21(26-28)32-2)31-13-15-12-27(8-9-30-15)18(29)7-10-33-22-24-16-5-3-4-6-17(16)34-22/h3-6,11,15H,7-10,12-13H2,1-2H3. The Labute approximate surface area is 209 Å². The predicted molar refractivity (Wildman–Crippen MR) is 134 cm³/mol. The monoisotopic (exact) mass is 516 g/mol. The van der Waals surface area contributed by atoms with Crippen molar-refractivity contribution in [2.75, 3.05) is 38.3 Å². The van der Waals surface area contributed by atoms with E-state index in [1.54, 1.807) is 27.6 Å². The number of ether oxygens (including phenoxy) is 2. The van der Waals surface area contributed by atoms with Gasteiger partial charge in [-0.05, 0) is 25.3 Å². The van der Waals surface area contributed by atoms with E-state index in [9.17, 15) is 4.79 Å². The highest BCUT2D eigenvalue weighted by atomic mass is 32.2. The van der Waals surface area contributed by atoms with Gasteiger partial charge in [-0.1, -0.05) is 35.7 Å². The molecule has 0 N–H and O–H groups in total. The Hall–Kier alpha value is -2.41. The normalized spacial score (nSPS) is 16.4. The van der Waals surface area contributed by atoms with Crippen molar-refractivity contribution in [3.63, 3.8) is 0 Å². The number of amides is 1. The van der Waals surface area contributed by atoms with Gasteiger partial charge in [0.05, 0.1) is 23.4 Å². The lowest BCUT2D eigenvalue weighted by atomic mass is 10.2. The van der Waals surface area contributed by atoms with Crippen LogP contribution in [-0.4, -0.2) is 79.8 Å². The number of carbonyl (C=O) groups is 1. The molecule has 1 aromatic carbocycles. The highest BCUT2D eigenvalue weighted by Crippen LogP contribution is 2.29. The number of carbonyl (C=O) groups excluding carboxylic acids is 1. The van der Waals surface area contributed by atoms with Crippen LogP contribution in [0.5, 0.6) is 5.88 Å². The average Bonchev–Trinajstić information content (AvgIpc) is 3.46. The number of hydrogen-bond donors (Lipinski definition) is 0. The molecule has 4 aromatic rings. The molecule has 34 heavy (non-hydrogen) atoms. The molecule has 1 aliphatic heterocycles. The van der Waals surface area contributed by atoms with Crippen molar-refractivity contribution in [3.8, 4) is 5.88 Å². The Morgan fingerprint density at radius 1 is 1.29 bits per heavy atom. The molecular formula is C22H24N6O3S3. The lowest BCUT2D eigenvalue weighted by molar-refractivity contribution is -0.139. The van der Waals surface area contributed by atoms with Crippen LogP contribution in [0, 0.1) is 6.92 Å². The summed E-state index contributed by atoms with van der Waals surface area (Å²) in [5.74, 6) is 1.90. The SMILES string of the molecule is CSc1nc2nc(C)cc(OCC3CN(C(=O)CCSc4nc5ccccc5s4)CCO3)n2n1. The van der Waals surface area contributed by atoms with Gasteiger partial charge in [0, 0.05) is 30.5 Å². The number of nitrogens with zero attached hydrogens (tertiary/aromatic N) is 6. The summed E-state index contributed by atoms with van der Waals surface area (Å²) in [6.45, 7) is 3.81. The first-order valence-electron chi connectivity index (χ1n) is 10.9. The number of thioether (sulfide) groups is 2. The van der Waals surface area contributed by atoms with Crippen molar-refractivity contribution in [2.45, 2.75) is 28.9 Å². The largest absolute Gasteiger partial charge is 0.475 e. The number of aryl methyl sites for hydroxylation is 1. The summed E-state index contributed by atoms with van der Waals surface area (Å²) in [6.07, 6.45) is 2.18. The Morgan fingerprint density at radius 2 is 2.18 bits per heavy atom. The number of rotatable bonds is 8. The second-order valence-electron chi connectivity index (χ2n) is 7.74. The number of para-hydroxylation sites is 1. The van der Waals surface area contributed by atoms with Gasteiger partial charge >= 0.3 is 0 Å². The summed E-state index contributed by atoms with van der Waals surface area (Å²) in [7, 11) is 0. The number of benzene rings is 1. The minimum Gasteiger partial charge on any atom is -0.475 e. The van der Waals surface area contributed by atoms with Gasteiger partial charge in [-0.25, -0.2) is 9.97 Å². The maximum atomic E-state index is 12.8. The average molecular weight is 517 g/mol. The zero-order valence-corrected chi connectivity index (χ0v) is 21.3. The number of aromatic nitrogens is 5. The Balaban J connectivity index is 1.14. The van der Waals surface area contributed by atoms with Crippen LogP contribution < -0.4 is 4.74 Å². The molecule has 178 valence electrons. The van der Waals surface area contributed by atoms with E-state index in [0.717, 1.165) is 15.6 Å². The first kappa shape index (κ1) is 23.3. The summed E-state index contributed by atoms with van der Waals surface area (Å²) in [5.41, 5.74) is 1.81. The first-order chi connectivity index (χ1) is 16.6. The minimum absolute atomic E-state index is 0.130. The summed E-state index contributed by atoms with van der Waals surface area (Å²) in [6, 6.07) is 9.92. The molecule has 0 spiro atoms. The van der Waals surface area contributed by atoms with Crippen LogP contribution >= 0.6 is 34.9 Å². The molecule has 1 fully saturated rings. The summed E-state index contributed by atoms with van der Waals surface area (Å²) in [5, 5.41) is 5.06. The van der Waals surface area contributed by atoms with Crippen molar-refractivity contribution in [3.05, 3.63) is 36.0 Å². The molecule has 1 aliphatic rings. The van der Waals surface area contributed by atoms with E-state index in [2.05, 4.69) is 26.1 Å². The minimum atomic E-state index is -0.207. The Kier molecular flexibility index (Phi) is 7.18. The van der Waals surface area contributed by atoms with E-state index >= 15 is 0 Å². The van der Waals surface area contributed by atoms with Crippen LogP contribution in [-0.2, 0) is 9.53 Å². The van der Waals surface area contributed by atoms with Gasteiger partial charge in [0.15, 0.2) is 4.34 Å². The second kappa shape index (κ2) is 10.5. The van der Waals surface area contributed by atoms with Crippen LogP contribution in [0.1, 0.15) is 12.1 Å². The summed E-state index contributed by atoms with van der Waals surface area (Å²) >= 11 is 4.75. The fourth-order valence-electron chi connectivity index (χ4n) is 3.65. The molecular weight excluding hydrogens is 492 g/mol. The van der Waals surface area contributed by atoms with Crippen molar-refractivity contribution in [1.29, 1.82) is 0 Å². The zero-order chi connectivity index (χ0) is 23.5. The van der Waals surface area contributed by atoms with E-state index in [4.69, 9.17) is 9.47 Å². The van der Waals surface area contributed by atoms with Gasteiger partial charge in [-0.2, -0.15) is 9.50 Å². The smallest absolute Gasteiger partial charge is 0.256 e. The topological polar surface area (TPSA) is 94.7 Å². The van der Waals surface area contributed by atoms with E-state index in [1.807, 2.05) is 42.3 Å². The van der Waals surface area contributed by atoms with Crippen molar-refractivity contribution in [2.24, 2.45) is 0 Å². The van der Waals surface area contributed by atoms with Crippen LogP contribution in [0.25, 0.3) is 16.0 Å². The molecule has 9 nitrogen and oxygen atoms in total. The third-order valence-corrected chi connectivity index (χ3v) is 8.01. The molecule has 1 saturated heterocycles. The van der Waals surface area contributed by atoms with Crippen LogP contribution in [0.2, 0.25) is 0 Å². The highest BCUT2D eigenvalue weighted by Gasteiger charge is 2.25. The van der Waals surface area contributed by atoms with Crippen molar-refractivity contribution >= 4 is 56.8 Å². The molecule has 3 aromatic heterocycles. The first-order valence-corrected chi connectivity index (χ1v) is 13.9. The van der Waals surface area contributed by atoms with Gasteiger partial charge in [0.1, 0.15) is 12.7 Å². The van der Waals surface area contributed by atoms with Gasteiger partial charge in [0.2, 0.25) is 16.9 Å². The number of morpholine rings is 1. The quantitative estimate of drug-likeness (QED) is 0.326.